The first-order chi connectivity index (χ1) is 13.9. The van der Waals surface area contributed by atoms with Gasteiger partial charge in [0.05, 0.1) is 12.1 Å². The van der Waals surface area contributed by atoms with Crippen molar-refractivity contribution in [1.82, 2.24) is 20.5 Å². The molecule has 1 spiro atoms. The van der Waals surface area contributed by atoms with Crippen molar-refractivity contribution in [2.24, 2.45) is 10.4 Å². The standard InChI is InChI=1S/C23H33N5O.HI/c1-5-24-22(28-8-6-7-23(14-28)11-20(29)26-13-23)25-12-18-9-15(2)10-19-16(3)17(4)27-21(18)19;/h9-10,27H,5-8,11-14H2,1-4H3,(H,24,25)(H,26,29);1H. The lowest BCUT2D eigenvalue weighted by Crippen LogP contribution is -2.51. The third-order valence-electron chi connectivity index (χ3n) is 6.53. The van der Waals surface area contributed by atoms with E-state index < -0.39 is 0 Å². The number of aromatic nitrogens is 1. The number of hydrogen-bond donors (Lipinski definition) is 3. The second-order valence-corrected chi connectivity index (χ2v) is 8.87. The minimum absolute atomic E-state index is 0. The molecule has 7 heteroatoms. The number of carbonyl (C=O) groups excluding carboxylic acids is 1. The number of piperidine rings is 1. The number of halogens is 1. The van der Waals surface area contributed by atoms with Gasteiger partial charge in [-0.05, 0) is 57.7 Å². The first-order valence-electron chi connectivity index (χ1n) is 10.8. The highest BCUT2D eigenvalue weighted by molar-refractivity contribution is 14.0. The van der Waals surface area contributed by atoms with Gasteiger partial charge in [-0.15, -0.1) is 24.0 Å². The van der Waals surface area contributed by atoms with E-state index in [0.29, 0.717) is 13.0 Å². The van der Waals surface area contributed by atoms with E-state index in [1.54, 1.807) is 0 Å². The predicted molar refractivity (Wildman–Crippen MR) is 134 cm³/mol. The maximum atomic E-state index is 11.8. The summed E-state index contributed by atoms with van der Waals surface area (Å²) in [6.07, 6.45) is 2.85. The Bertz CT molecular complexity index is 966. The van der Waals surface area contributed by atoms with E-state index >= 15 is 0 Å². The zero-order valence-corrected chi connectivity index (χ0v) is 20.9. The summed E-state index contributed by atoms with van der Waals surface area (Å²) < 4.78 is 0. The van der Waals surface area contributed by atoms with Gasteiger partial charge in [0.25, 0.3) is 0 Å². The second kappa shape index (κ2) is 9.16. The molecule has 1 aromatic heterocycles. The topological polar surface area (TPSA) is 72.5 Å². The number of amides is 1. The van der Waals surface area contributed by atoms with E-state index in [4.69, 9.17) is 4.99 Å². The molecule has 3 N–H and O–H groups in total. The van der Waals surface area contributed by atoms with Gasteiger partial charge in [-0.2, -0.15) is 0 Å². The van der Waals surface area contributed by atoms with Crippen molar-refractivity contribution >= 4 is 46.7 Å². The third kappa shape index (κ3) is 4.45. The van der Waals surface area contributed by atoms with Crippen LogP contribution in [0.4, 0.5) is 0 Å². The average Bonchev–Trinajstić information content (AvgIpc) is 3.18. The van der Waals surface area contributed by atoms with Gasteiger partial charge in [0.1, 0.15) is 0 Å². The van der Waals surface area contributed by atoms with E-state index in [-0.39, 0.29) is 35.3 Å². The fourth-order valence-electron chi connectivity index (χ4n) is 4.93. The molecule has 30 heavy (non-hydrogen) atoms. The molecular formula is C23H34IN5O. The van der Waals surface area contributed by atoms with Crippen LogP contribution in [0.5, 0.6) is 0 Å². The molecule has 1 unspecified atom stereocenters. The molecule has 0 bridgehead atoms. The highest BCUT2D eigenvalue weighted by Gasteiger charge is 2.42. The molecular weight excluding hydrogens is 489 g/mol. The van der Waals surface area contributed by atoms with Crippen LogP contribution in [0.2, 0.25) is 0 Å². The predicted octanol–water partition coefficient (Wildman–Crippen LogP) is 3.78. The van der Waals surface area contributed by atoms with Crippen LogP contribution >= 0.6 is 24.0 Å². The number of fused-ring (bicyclic) bond motifs is 1. The molecule has 2 fully saturated rings. The molecule has 2 aliphatic heterocycles. The number of nitrogens with zero attached hydrogens (tertiary/aromatic N) is 2. The Morgan fingerprint density at radius 2 is 2.10 bits per heavy atom. The zero-order chi connectivity index (χ0) is 20.6. The summed E-state index contributed by atoms with van der Waals surface area (Å²) >= 11 is 0. The Morgan fingerprint density at radius 1 is 1.30 bits per heavy atom. The fraction of sp³-hybridized carbons (Fsp3) is 0.565. The zero-order valence-electron chi connectivity index (χ0n) is 18.5. The number of likely N-dealkylation sites (tertiary alicyclic amines) is 1. The molecule has 0 saturated carbocycles. The van der Waals surface area contributed by atoms with E-state index in [2.05, 4.69) is 60.3 Å². The van der Waals surface area contributed by atoms with Crippen molar-refractivity contribution in [3.05, 3.63) is 34.5 Å². The number of guanidine groups is 1. The summed E-state index contributed by atoms with van der Waals surface area (Å²) in [6.45, 7) is 12.7. The normalized spacial score (nSPS) is 21.8. The number of aliphatic imine (C=N–C) groups is 1. The van der Waals surface area contributed by atoms with Crippen molar-refractivity contribution in [2.75, 3.05) is 26.2 Å². The maximum Gasteiger partial charge on any atom is 0.220 e. The van der Waals surface area contributed by atoms with Gasteiger partial charge in [-0.1, -0.05) is 11.6 Å². The van der Waals surface area contributed by atoms with Crippen LogP contribution in [0.3, 0.4) is 0 Å². The molecule has 3 heterocycles. The molecule has 0 radical (unpaired) electrons. The van der Waals surface area contributed by atoms with E-state index in [0.717, 1.165) is 45.0 Å². The minimum atomic E-state index is 0. The lowest BCUT2D eigenvalue weighted by atomic mass is 9.79. The fourth-order valence-corrected chi connectivity index (χ4v) is 4.93. The summed E-state index contributed by atoms with van der Waals surface area (Å²) in [4.78, 5) is 22.8. The molecule has 164 valence electrons. The summed E-state index contributed by atoms with van der Waals surface area (Å²) in [7, 11) is 0. The molecule has 2 aromatic rings. The molecule has 4 rings (SSSR count). The molecule has 2 aliphatic rings. The number of nitrogens with one attached hydrogen (secondary N) is 3. The Kier molecular flexibility index (Phi) is 6.99. The Morgan fingerprint density at radius 3 is 2.80 bits per heavy atom. The largest absolute Gasteiger partial charge is 0.358 e. The molecule has 2 saturated heterocycles. The van der Waals surface area contributed by atoms with Crippen molar-refractivity contribution in [2.45, 2.75) is 53.5 Å². The Hall–Kier alpha value is -1.77. The van der Waals surface area contributed by atoms with Gasteiger partial charge < -0.3 is 20.5 Å². The van der Waals surface area contributed by atoms with Gasteiger partial charge >= 0.3 is 0 Å². The number of rotatable bonds is 3. The summed E-state index contributed by atoms with van der Waals surface area (Å²) in [5.41, 5.74) is 6.30. The first-order valence-corrected chi connectivity index (χ1v) is 10.8. The quantitative estimate of drug-likeness (QED) is 0.326. The SMILES string of the molecule is CCNC(=NCc1cc(C)cc2c(C)c(C)[nH]c12)N1CCCC2(CNC(=O)C2)C1.I. The smallest absolute Gasteiger partial charge is 0.220 e. The molecule has 0 aliphatic carbocycles. The second-order valence-electron chi connectivity index (χ2n) is 8.87. The van der Waals surface area contributed by atoms with Crippen molar-refractivity contribution in [3.63, 3.8) is 0 Å². The van der Waals surface area contributed by atoms with Crippen molar-refractivity contribution in [3.8, 4) is 0 Å². The molecule has 1 amide bonds. The van der Waals surface area contributed by atoms with Gasteiger partial charge in [-0.25, -0.2) is 4.99 Å². The third-order valence-corrected chi connectivity index (χ3v) is 6.53. The van der Waals surface area contributed by atoms with Gasteiger partial charge in [0.2, 0.25) is 5.91 Å². The van der Waals surface area contributed by atoms with Crippen LogP contribution < -0.4 is 10.6 Å². The Balaban J connectivity index is 0.00000256. The van der Waals surface area contributed by atoms with Crippen LogP contribution in [0.15, 0.2) is 17.1 Å². The van der Waals surface area contributed by atoms with E-state index in [1.165, 1.54) is 33.3 Å². The lowest BCUT2D eigenvalue weighted by molar-refractivity contribution is -0.119. The number of aryl methyl sites for hydroxylation is 3. The number of carbonyl (C=O) groups is 1. The van der Waals surface area contributed by atoms with Gasteiger partial charge in [-0.3, -0.25) is 4.79 Å². The molecule has 1 atom stereocenters. The monoisotopic (exact) mass is 523 g/mol. The maximum absolute atomic E-state index is 11.8. The van der Waals surface area contributed by atoms with Crippen LogP contribution in [-0.4, -0.2) is 47.9 Å². The van der Waals surface area contributed by atoms with Gasteiger partial charge in [0, 0.05) is 49.1 Å². The lowest BCUT2D eigenvalue weighted by Gasteiger charge is -2.40. The highest BCUT2D eigenvalue weighted by atomic mass is 127. The van der Waals surface area contributed by atoms with Crippen molar-refractivity contribution in [1.29, 1.82) is 0 Å². The van der Waals surface area contributed by atoms with Crippen LogP contribution in [0, 0.1) is 26.2 Å². The average molecular weight is 523 g/mol. The summed E-state index contributed by atoms with van der Waals surface area (Å²) in [6, 6.07) is 4.49. The molecule has 1 aromatic carbocycles. The first kappa shape index (κ1) is 22.9. The van der Waals surface area contributed by atoms with Crippen LogP contribution in [0.1, 0.15) is 48.6 Å². The van der Waals surface area contributed by atoms with Crippen LogP contribution in [0.25, 0.3) is 10.9 Å². The summed E-state index contributed by atoms with van der Waals surface area (Å²) in [5, 5.41) is 7.81. The summed E-state index contributed by atoms with van der Waals surface area (Å²) in [5.74, 6) is 1.15. The van der Waals surface area contributed by atoms with Crippen LogP contribution in [-0.2, 0) is 11.3 Å². The number of benzene rings is 1. The number of aromatic amines is 1. The Labute approximate surface area is 196 Å². The van der Waals surface area contributed by atoms with E-state index in [1.807, 2.05) is 0 Å². The number of H-pyrrole nitrogens is 1. The number of hydrogen-bond acceptors (Lipinski definition) is 2. The highest BCUT2D eigenvalue weighted by Crippen LogP contribution is 2.36. The van der Waals surface area contributed by atoms with Crippen molar-refractivity contribution < 1.29 is 4.79 Å². The van der Waals surface area contributed by atoms with E-state index in [9.17, 15) is 4.79 Å². The minimum Gasteiger partial charge on any atom is -0.358 e. The van der Waals surface area contributed by atoms with Gasteiger partial charge in [0.15, 0.2) is 5.96 Å². The molecule has 6 nitrogen and oxygen atoms in total.